The van der Waals surface area contributed by atoms with Gasteiger partial charge in [-0.05, 0) is 36.8 Å². The van der Waals surface area contributed by atoms with Crippen LogP contribution in [0.25, 0.3) is 0 Å². The van der Waals surface area contributed by atoms with Gasteiger partial charge in [0.05, 0.1) is 0 Å². The number of carbonyl (C=O) groups is 1. The third-order valence-corrected chi connectivity index (χ3v) is 6.18. The van der Waals surface area contributed by atoms with Gasteiger partial charge in [-0.15, -0.1) is 0 Å². The smallest absolute Gasteiger partial charge is 0.225 e. The molecule has 2 fully saturated rings. The zero-order valence-corrected chi connectivity index (χ0v) is 17.5. The standard InChI is InChI=1S/C22H35N5O/c1-16(2)20(18-9-6-11-24-13-18)14-25-22(23-3)26-19-10-12-27(15-19)21(28)17-7-4-5-8-17/h6,9,11,13,16-17,19-20H,4-5,7-8,10,12,14-15H2,1-3H3,(H2,23,25,26). The summed E-state index contributed by atoms with van der Waals surface area (Å²) in [6, 6.07) is 4.40. The molecule has 3 rings (SSSR count). The van der Waals surface area contributed by atoms with Crippen LogP contribution in [-0.2, 0) is 4.79 Å². The van der Waals surface area contributed by atoms with Gasteiger partial charge in [0, 0.05) is 57.0 Å². The molecule has 1 aliphatic carbocycles. The van der Waals surface area contributed by atoms with Gasteiger partial charge < -0.3 is 15.5 Å². The summed E-state index contributed by atoms with van der Waals surface area (Å²) in [7, 11) is 1.81. The summed E-state index contributed by atoms with van der Waals surface area (Å²) in [5.41, 5.74) is 1.25. The molecule has 1 aliphatic heterocycles. The Labute approximate surface area is 169 Å². The molecule has 0 aromatic carbocycles. The van der Waals surface area contributed by atoms with Crippen molar-refractivity contribution >= 4 is 11.9 Å². The quantitative estimate of drug-likeness (QED) is 0.584. The Balaban J connectivity index is 1.50. The van der Waals surface area contributed by atoms with Crippen molar-refractivity contribution in [3.05, 3.63) is 30.1 Å². The number of carbonyl (C=O) groups excluding carboxylic acids is 1. The van der Waals surface area contributed by atoms with Crippen LogP contribution in [0.1, 0.15) is 57.4 Å². The van der Waals surface area contributed by atoms with E-state index in [4.69, 9.17) is 0 Å². The largest absolute Gasteiger partial charge is 0.356 e. The Hall–Kier alpha value is -2.11. The predicted molar refractivity (Wildman–Crippen MR) is 113 cm³/mol. The molecule has 154 valence electrons. The van der Waals surface area contributed by atoms with Crippen LogP contribution in [0.5, 0.6) is 0 Å². The number of aromatic nitrogens is 1. The number of nitrogens with one attached hydrogen (secondary N) is 2. The van der Waals surface area contributed by atoms with Gasteiger partial charge in [-0.25, -0.2) is 0 Å². The highest BCUT2D eigenvalue weighted by Crippen LogP contribution is 2.28. The average molecular weight is 386 g/mol. The first-order valence-corrected chi connectivity index (χ1v) is 10.7. The molecule has 0 radical (unpaired) electrons. The summed E-state index contributed by atoms with van der Waals surface area (Å²) in [6.45, 7) is 6.92. The number of hydrogen-bond donors (Lipinski definition) is 2. The number of nitrogens with zero attached hydrogens (tertiary/aromatic N) is 3. The lowest BCUT2D eigenvalue weighted by Crippen LogP contribution is -2.46. The van der Waals surface area contributed by atoms with Crippen LogP contribution in [0.2, 0.25) is 0 Å². The minimum absolute atomic E-state index is 0.266. The van der Waals surface area contributed by atoms with Crippen molar-refractivity contribution in [2.24, 2.45) is 16.8 Å². The second-order valence-electron chi connectivity index (χ2n) is 8.49. The number of pyridine rings is 1. The molecule has 1 saturated carbocycles. The van der Waals surface area contributed by atoms with E-state index in [0.29, 0.717) is 17.7 Å². The van der Waals surface area contributed by atoms with Crippen LogP contribution in [0.3, 0.4) is 0 Å². The molecular weight excluding hydrogens is 350 g/mol. The molecule has 0 spiro atoms. The number of aliphatic imine (C=N–C) groups is 1. The minimum Gasteiger partial charge on any atom is -0.356 e. The monoisotopic (exact) mass is 385 g/mol. The van der Waals surface area contributed by atoms with Gasteiger partial charge in [0.2, 0.25) is 5.91 Å². The third kappa shape index (κ3) is 5.24. The fraction of sp³-hybridized carbons (Fsp3) is 0.682. The van der Waals surface area contributed by atoms with E-state index in [1.165, 1.54) is 18.4 Å². The minimum atomic E-state index is 0.266. The first kappa shape index (κ1) is 20.6. The second-order valence-corrected chi connectivity index (χ2v) is 8.49. The van der Waals surface area contributed by atoms with Crippen molar-refractivity contribution < 1.29 is 4.79 Å². The lowest BCUT2D eigenvalue weighted by Gasteiger charge is -2.24. The highest BCUT2D eigenvalue weighted by Gasteiger charge is 2.32. The van der Waals surface area contributed by atoms with Crippen LogP contribution in [0.15, 0.2) is 29.5 Å². The maximum Gasteiger partial charge on any atom is 0.225 e. The van der Waals surface area contributed by atoms with Crippen molar-refractivity contribution in [3.8, 4) is 0 Å². The van der Waals surface area contributed by atoms with Crippen molar-refractivity contribution in [1.82, 2.24) is 20.5 Å². The Morgan fingerprint density at radius 3 is 2.75 bits per heavy atom. The molecule has 2 unspecified atom stereocenters. The van der Waals surface area contributed by atoms with E-state index in [2.05, 4.69) is 40.5 Å². The summed E-state index contributed by atoms with van der Waals surface area (Å²) in [6.07, 6.45) is 9.30. The van der Waals surface area contributed by atoms with E-state index in [9.17, 15) is 4.79 Å². The summed E-state index contributed by atoms with van der Waals surface area (Å²) in [5, 5.41) is 7.00. The van der Waals surface area contributed by atoms with Crippen molar-refractivity contribution in [2.75, 3.05) is 26.7 Å². The Morgan fingerprint density at radius 2 is 2.11 bits per heavy atom. The highest BCUT2D eigenvalue weighted by atomic mass is 16.2. The van der Waals surface area contributed by atoms with Gasteiger partial charge in [0.25, 0.3) is 0 Å². The van der Waals surface area contributed by atoms with Crippen LogP contribution in [-0.4, -0.2) is 54.5 Å². The van der Waals surface area contributed by atoms with E-state index in [-0.39, 0.29) is 12.0 Å². The first-order valence-electron chi connectivity index (χ1n) is 10.7. The van der Waals surface area contributed by atoms with E-state index in [1.54, 1.807) is 7.05 Å². The number of rotatable bonds is 6. The molecule has 6 heteroatoms. The molecule has 1 amide bonds. The average Bonchev–Trinajstić information content (AvgIpc) is 3.39. The molecule has 2 heterocycles. The molecule has 28 heavy (non-hydrogen) atoms. The van der Waals surface area contributed by atoms with Gasteiger partial charge in [-0.3, -0.25) is 14.8 Å². The predicted octanol–water partition coefficient (Wildman–Crippen LogP) is 2.78. The molecule has 1 saturated heterocycles. The van der Waals surface area contributed by atoms with Crippen molar-refractivity contribution in [1.29, 1.82) is 0 Å². The fourth-order valence-electron chi connectivity index (χ4n) is 4.44. The second kappa shape index (κ2) is 9.89. The highest BCUT2D eigenvalue weighted by molar-refractivity contribution is 5.81. The normalized spacial score (nSPS) is 21.9. The third-order valence-electron chi connectivity index (χ3n) is 6.18. The summed E-state index contributed by atoms with van der Waals surface area (Å²) in [5.74, 6) is 2.32. The molecule has 2 N–H and O–H groups in total. The van der Waals surface area contributed by atoms with Gasteiger partial charge in [-0.2, -0.15) is 0 Å². The van der Waals surface area contributed by atoms with Gasteiger partial charge in [0.15, 0.2) is 5.96 Å². The molecular formula is C22H35N5O. The number of amides is 1. The van der Waals surface area contributed by atoms with Crippen LogP contribution >= 0.6 is 0 Å². The molecule has 6 nitrogen and oxygen atoms in total. The number of likely N-dealkylation sites (tertiary alicyclic amines) is 1. The Bertz CT molecular complexity index is 654. The van der Waals surface area contributed by atoms with Gasteiger partial charge in [0.1, 0.15) is 0 Å². The molecule has 1 aromatic rings. The Kier molecular flexibility index (Phi) is 7.29. The van der Waals surface area contributed by atoms with Gasteiger partial charge >= 0.3 is 0 Å². The summed E-state index contributed by atoms with van der Waals surface area (Å²) >= 11 is 0. The first-order chi connectivity index (χ1) is 13.6. The van der Waals surface area contributed by atoms with E-state index in [0.717, 1.165) is 44.9 Å². The lowest BCUT2D eigenvalue weighted by molar-refractivity contribution is -0.134. The lowest BCUT2D eigenvalue weighted by atomic mass is 9.89. The SMILES string of the molecule is CN=C(NCC(c1cccnc1)C(C)C)NC1CCN(C(=O)C2CCCC2)C1. The molecule has 0 bridgehead atoms. The van der Waals surface area contributed by atoms with Gasteiger partial charge in [-0.1, -0.05) is 32.8 Å². The molecule has 1 aromatic heterocycles. The number of hydrogen-bond acceptors (Lipinski definition) is 3. The van der Waals surface area contributed by atoms with E-state index in [1.807, 2.05) is 23.4 Å². The zero-order valence-electron chi connectivity index (χ0n) is 17.5. The van der Waals surface area contributed by atoms with E-state index >= 15 is 0 Å². The van der Waals surface area contributed by atoms with Crippen molar-refractivity contribution in [3.63, 3.8) is 0 Å². The number of guanidine groups is 1. The molecule has 2 aliphatic rings. The fourth-order valence-corrected chi connectivity index (χ4v) is 4.44. The van der Waals surface area contributed by atoms with E-state index < -0.39 is 0 Å². The van der Waals surface area contributed by atoms with Crippen LogP contribution < -0.4 is 10.6 Å². The summed E-state index contributed by atoms with van der Waals surface area (Å²) in [4.78, 5) is 23.4. The molecule has 2 atom stereocenters. The zero-order chi connectivity index (χ0) is 19.9. The maximum absolute atomic E-state index is 12.6. The maximum atomic E-state index is 12.6. The topological polar surface area (TPSA) is 69.6 Å². The summed E-state index contributed by atoms with van der Waals surface area (Å²) < 4.78 is 0. The Morgan fingerprint density at radius 1 is 1.32 bits per heavy atom. The van der Waals surface area contributed by atoms with Crippen molar-refractivity contribution in [2.45, 2.75) is 57.9 Å². The van der Waals surface area contributed by atoms with Crippen LogP contribution in [0, 0.1) is 11.8 Å². The van der Waals surface area contributed by atoms with Crippen LogP contribution in [0.4, 0.5) is 0 Å².